The third-order valence-electron chi connectivity index (χ3n) is 2.84. The highest BCUT2D eigenvalue weighted by molar-refractivity contribution is 5.85. The van der Waals surface area contributed by atoms with Crippen molar-refractivity contribution in [3.05, 3.63) is 0 Å². The Bertz CT molecular complexity index is 250. The third kappa shape index (κ3) is 12.0. The monoisotopic (exact) mass is 294 g/mol. The number of amides is 1. The quantitative estimate of drug-likeness (QED) is 0.509. The molecule has 6 heteroatoms. The number of carboxylic acid groups (broad SMARTS) is 1. The second-order valence-corrected chi connectivity index (χ2v) is 4.55. The van der Waals surface area contributed by atoms with Gasteiger partial charge in [-0.05, 0) is 32.2 Å². The molecule has 0 heterocycles. The zero-order valence-electron chi connectivity index (χ0n) is 11.7. The highest BCUT2D eigenvalue weighted by Gasteiger charge is 2.18. The molecule has 0 saturated heterocycles. The van der Waals surface area contributed by atoms with Crippen LogP contribution in [-0.4, -0.2) is 29.6 Å². The second-order valence-electron chi connectivity index (χ2n) is 4.55. The van der Waals surface area contributed by atoms with Crippen molar-refractivity contribution >= 4 is 24.3 Å². The topological polar surface area (TPSA) is 92.4 Å². The Kier molecular flexibility index (Phi) is 14.7. The number of carbonyl (C=O) groups excluding carboxylic acids is 1. The largest absolute Gasteiger partial charge is 0.480 e. The normalized spacial score (nSPS) is 11.5. The molecule has 0 aromatic heterocycles. The van der Waals surface area contributed by atoms with Crippen molar-refractivity contribution in [3.8, 4) is 0 Å². The number of halogens is 1. The van der Waals surface area contributed by atoms with Crippen LogP contribution in [0, 0.1) is 0 Å². The maximum atomic E-state index is 11.6. The number of carboxylic acids is 1. The molecule has 0 rings (SSSR count). The van der Waals surface area contributed by atoms with Crippen LogP contribution in [-0.2, 0) is 9.59 Å². The first kappa shape index (κ1) is 20.5. The molecular weight excluding hydrogens is 268 g/mol. The van der Waals surface area contributed by atoms with Gasteiger partial charge < -0.3 is 16.2 Å². The van der Waals surface area contributed by atoms with Gasteiger partial charge in [0.05, 0.1) is 0 Å². The Morgan fingerprint density at radius 2 is 1.84 bits per heavy atom. The van der Waals surface area contributed by atoms with Gasteiger partial charge in [-0.25, -0.2) is 4.79 Å². The molecule has 0 saturated carbocycles. The van der Waals surface area contributed by atoms with Crippen LogP contribution in [0.25, 0.3) is 0 Å². The molecule has 1 atom stereocenters. The summed E-state index contributed by atoms with van der Waals surface area (Å²) in [6.07, 6.45) is 6.47. The molecule has 0 aliphatic carbocycles. The predicted molar refractivity (Wildman–Crippen MR) is 78.5 cm³/mol. The molecule has 4 N–H and O–H groups in total. The summed E-state index contributed by atoms with van der Waals surface area (Å²) < 4.78 is 0. The first-order valence-corrected chi connectivity index (χ1v) is 6.84. The van der Waals surface area contributed by atoms with Crippen molar-refractivity contribution in [1.29, 1.82) is 0 Å². The van der Waals surface area contributed by atoms with Crippen molar-refractivity contribution < 1.29 is 14.7 Å². The molecule has 114 valence electrons. The van der Waals surface area contributed by atoms with Gasteiger partial charge in [0.1, 0.15) is 6.04 Å². The van der Waals surface area contributed by atoms with E-state index in [-0.39, 0.29) is 18.3 Å². The summed E-state index contributed by atoms with van der Waals surface area (Å²) in [5.74, 6) is -1.12. The van der Waals surface area contributed by atoms with Crippen LogP contribution >= 0.6 is 12.4 Å². The van der Waals surface area contributed by atoms with E-state index < -0.39 is 12.0 Å². The number of hydrogen-bond acceptors (Lipinski definition) is 3. The maximum Gasteiger partial charge on any atom is 0.326 e. The zero-order chi connectivity index (χ0) is 13.8. The highest BCUT2D eigenvalue weighted by atomic mass is 35.5. The van der Waals surface area contributed by atoms with Gasteiger partial charge >= 0.3 is 5.97 Å². The molecular formula is C13H27ClN2O3. The number of aliphatic carboxylic acids is 1. The number of carbonyl (C=O) groups is 2. The Labute approximate surface area is 121 Å². The van der Waals surface area contributed by atoms with Crippen molar-refractivity contribution in [3.63, 3.8) is 0 Å². The molecule has 0 spiro atoms. The summed E-state index contributed by atoms with van der Waals surface area (Å²) in [6.45, 7) is 2.66. The van der Waals surface area contributed by atoms with Gasteiger partial charge in [-0.15, -0.1) is 12.4 Å². The lowest BCUT2D eigenvalue weighted by molar-refractivity contribution is -0.142. The number of unbranched alkanes of at least 4 members (excludes halogenated alkanes) is 4. The van der Waals surface area contributed by atoms with Crippen LogP contribution in [0.15, 0.2) is 0 Å². The lowest BCUT2D eigenvalue weighted by Crippen LogP contribution is -2.40. The molecule has 0 radical (unpaired) electrons. The highest BCUT2D eigenvalue weighted by Crippen LogP contribution is 2.04. The molecule has 0 bridgehead atoms. The van der Waals surface area contributed by atoms with Crippen molar-refractivity contribution in [2.45, 2.75) is 64.3 Å². The maximum absolute atomic E-state index is 11.6. The van der Waals surface area contributed by atoms with Gasteiger partial charge in [0.15, 0.2) is 0 Å². The Balaban J connectivity index is 0. The van der Waals surface area contributed by atoms with Crippen LogP contribution in [0.2, 0.25) is 0 Å². The summed E-state index contributed by atoms with van der Waals surface area (Å²) in [5.41, 5.74) is 5.35. The minimum absolute atomic E-state index is 0. The fourth-order valence-electron chi connectivity index (χ4n) is 1.73. The first-order valence-electron chi connectivity index (χ1n) is 6.84. The molecule has 19 heavy (non-hydrogen) atoms. The van der Waals surface area contributed by atoms with Gasteiger partial charge in [-0.3, -0.25) is 4.79 Å². The van der Waals surface area contributed by atoms with Crippen LogP contribution < -0.4 is 11.1 Å². The van der Waals surface area contributed by atoms with E-state index in [0.717, 1.165) is 38.5 Å². The summed E-state index contributed by atoms with van der Waals surface area (Å²) in [7, 11) is 0. The molecule has 1 unspecified atom stereocenters. The summed E-state index contributed by atoms with van der Waals surface area (Å²) >= 11 is 0. The van der Waals surface area contributed by atoms with E-state index in [9.17, 15) is 9.59 Å². The van der Waals surface area contributed by atoms with Crippen LogP contribution in [0.4, 0.5) is 0 Å². The molecule has 1 amide bonds. The SMILES string of the molecule is CCCCCCC(=O)NC(CCCCN)C(=O)O.Cl. The lowest BCUT2D eigenvalue weighted by atomic mass is 10.1. The van der Waals surface area contributed by atoms with Crippen LogP contribution in [0.5, 0.6) is 0 Å². The van der Waals surface area contributed by atoms with Gasteiger partial charge in [0, 0.05) is 6.42 Å². The fourth-order valence-corrected chi connectivity index (χ4v) is 1.73. The lowest BCUT2D eigenvalue weighted by Gasteiger charge is -2.14. The van der Waals surface area contributed by atoms with Gasteiger partial charge in [-0.1, -0.05) is 26.2 Å². The van der Waals surface area contributed by atoms with Crippen molar-refractivity contribution in [2.75, 3.05) is 6.54 Å². The number of nitrogens with two attached hydrogens (primary N) is 1. The Morgan fingerprint density at radius 1 is 1.16 bits per heavy atom. The Hall–Kier alpha value is -0.810. The smallest absolute Gasteiger partial charge is 0.326 e. The van der Waals surface area contributed by atoms with Crippen molar-refractivity contribution in [1.82, 2.24) is 5.32 Å². The van der Waals surface area contributed by atoms with E-state index >= 15 is 0 Å². The average Bonchev–Trinajstić information content (AvgIpc) is 2.33. The van der Waals surface area contributed by atoms with Crippen molar-refractivity contribution in [2.24, 2.45) is 5.73 Å². The zero-order valence-corrected chi connectivity index (χ0v) is 12.5. The standard InChI is InChI=1S/C13H26N2O3.ClH/c1-2-3-4-5-9-12(16)15-11(13(17)18)8-6-7-10-14;/h11H,2-10,14H2,1H3,(H,15,16)(H,17,18);1H. The number of nitrogens with one attached hydrogen (secondary N) is 1. The molecule has 5 nitrogen and oxygen atoms in total. The van der Waals surface area contributed by atoms with E-state index in [1.165, 1.54) is 0 Å². The Morgan fingerprint density at radius 3 is 2.37 bits per heavy atom. The minimum Gasteiger partial charge on any atom is -0.480 e. The van der Waals surface area contributed by atoms with Gasteiger partial charge in [0.2, 0.25) is 5.91 Å². The fraction of sp³-hybridized carbons (Fsp3) is 0.846. The predicted octanol–water partition coefficient (Wildman–Crippen LogP) is 2.08. The van der Waals surface area contributed by atoms with E-state index in [1.807, 2.05) is 0 Å². The average molecular weight is 295 g/mol. The molecule has 0 aromatic carbocycles. The number of rotatable bonds is 11. The van der Waals surface area contributed by atoms with Gasteiger partial charge in [0.25, 0.3) is 0 Å². The van der Waals surface area contributed by atoms with E-state index in [1.54, 1.807) is 0 Å². The van der Waals surface area contributed by atoms with Gasteiger partial charge in [-0.2, -0.15) is 0 Å². The summed E-state index contributed by atoms with van der Waals surface area (Å²) in [6, 6.07) is -0.768. The second kappa shape index (κ2) is 13.6. The summed E-state index contributed by atoms with van der Waals surface area (Å²) in [4.78, 5) is 22.5. The minimum atomic E-state index is -0.964. The van der Waals surface area contributed by atoms with Crippen LogP contribution in [0.1, 0.15) is 58.3 Å². The van der Waals surface area contributed by atoms with E-state index in [2.05, 4.69) is 12.2 Å². The third-order valence-corrected chi connectivity index (χ3v) is 2.84. The molecule has 0 fully saturated rings. The first-order chi connectivity index (χ1) is 8.61. The molecule has 0 aromatic rings. The van der Waals surface area contributed by atoms with E-state index in [4.69, 9.17) is 10.8 Å². The van der Waals surface area contributed by atoms with E-state index in [0.29, 0.717) is 19.4 Å². The number of hydrogen-bond donors (Lipinski definition) is 3. The molecule has 0 aliphatic rings. The van der Waals surface area contributed by atoms with Crippen LogP contribution in [0.3, 0.4) is 0 Å². The summed E-state index contributed by atoms with van der Waals surface area (Å²) in [5, 5.41) is 11.6. The molecule has 0 aliphatic heterocycles.